The number of pyridine rings is 1. The van der Waals surface area contributed by atoms with Crippen LogP contribution in [0.2, 0.25) is 0 Å². The van der Waals surface area contributed by atoms with Gasteiger partial charge in [0.25, 0.3) is 0 Å². The molecule has 0 saturated carbocycles. The molecular formula is C19H19NO2. The number of aromatic nitrogens is 1. The van der Waals surface area contributed by atoms with Crippen LogP contribution in [0.3, 0.4) is 0 Å². The van der Waals surface area contributed by atoms with Crippen molar-refractivity contribution in [1.29, 1.82) is 0 Å². The second-order valence-electron chi connectivity index (χ2n) is 7.22. The average Bonchev–Trinajstić information content (AvgIpc) is 2.45. The van der Waals surface area contributed by atoms with Crippen LogP contribution < -0.4 is 5.43 Å². The van der Waals surface area contributed by atoms with Crippen LogP contribution in [0.1, 0.15) is 41.9 Å². The van der Waals surface area contributed by atoms with E-state index < -0.39 is 0 Å². The first-order valence-corrected chi connectivity index (χ1v) is 7.84. The minimum atomic E-state index is -0.113. The number of fused-ring (bicyclic) bond motifs is 5. The predicted molar refractivity (Wildman–Crippen MR) is 86.3 cm³/mol. The lowest BCUT2D eigenvalue weighted by Crippen LogP contribution is -2.36. The standard InChI is InChI=1S/C19H19NO2/c1-19(2)10-15-18(17(22)11-19)16(21)9-14-13-6-4-3-5-12(13)7-8-20(14)15/h3-6,9H,7-8,10-11H2,1-2H3. The quantitative estimate of drug-likeness (QED) is 0.748. The number of nitrogens with zero attached hydrogens (tertiary/aromatic N) is 1. The molecule has 4 rings (SSSR count). The Balaban J connectivity index is 2.03. The van der Waals surface area contributed by atoms with E-state index in [1.54, 1.807) is 6.07 Å². The van der Waals surface area contributed by atoms with Gasteiger partial charge in [0.05, 0.1) is 11.3 Å². The maximum absolute atomic E-state index is 12.5. The van der Waals surface area contributed by atoms with Gasteiger partial charge >= 0.3 is 0 Å². The predicted octanol–water partition coefficient (Wildman–Crippen LogP) is 3.23. The number of hydrogen-bond acceptors (Lipinski definition) is 2. The first kappa shape index (κ1) is 13.5. The van der Waals surface area contributed by atoms with Crippen LogP contribution in [-0.2, 0) is 19.4 Å². The van der Waals surface area contributed by atoms with E-state index in [0.717, 1.165) is 36.3 Å². The Morgan fingerprint density at radius 1 is 1.09 bits per heavy atom. The van der Waals surface area contributed by atoms with E-state index >= 15 is 0 Å². The van der Waals surface area contributed by atoms with Crippen molar-refractivity contribution < 1.29 is 4.79 Å². The Kier molecular flexibility index (Phi) is 2.71. The largest absolute Gasteiger partial charge is 0.343 e. The molecule has 3 heteroatoms. The van der Waals surface area contributed by atoms with E-state index in [1.807, 2.05) is 12.1 Å². The van der Waals surface area contributed by atoms with Crippen LogP contribution in [0.5, 0.6) is 0 Å². The van der Waals surface area contributed by atoms with Gasteiger partial charge in [0.2, 0.25) is 0 Å². The molecule has 0 amide bonds. The first-order chi connectivity index (χ1) is 10.5. The second kappa shape index (κ2) is 4.42. The van der Waals surface area contributed by atoms with Gasteiger partial charge in [-0.05, 0) is 23.8 Å². The summed E-state index contributed by atoms with van der Waals surface area (Å²) < 4.78 is 2.21. The molecule has 2 aliphatic rings. The number of Topliss-reactive ketones (excluding diaryl/α,β-unsaturated/α-hetero) is 1. The number of ketones is 1. The van der Waals surface area contributed by atoms with Gasteiger partial charge < -0.3 is 4.57 Å². The van der Waals surface area contributed by atoms with Crippen LogP contribution in [0.15, 0.2) is 35.1 Å². The molecule has 0 radical (unpaired) electrons. The molecule has 1 aromatic carbocycles. The van der Waals surface area contributed by atoms with E-state index in [0.29, 0.717) is 12.0 Å². The van der Waals surface area contributed by atoms with Crippen LogP contribution in [0.25, 0.3) is 11.3 Å². The number of aryl methyl sites for hydroxylation is 1. The van der Waals surface area contributed by atoms with Gasteiger partial charge in [0.1, 0.15) is 0 Å². The first-order valence-electron chi connectivity index (χ1n) is 7.84. The molecule has 1 aliphatic carbocycles. The van der Waals surface area contributed by atoms with Crippen molar-refractivity contribution in [3.8, 4) is 11.3 Å². The molecule has 0 fully saturated rings. The zero-order valence-electron chi connectivity index (χ0n) is 13.0. The number of carbonyl (C=O) groups excluding carboxylic acids is 1. The SMILES string of the molecule is CC1(C)CC(=O)c2c(n3c(cc2=O)-c2ccccc2CC3)C1. The van der Waals surface area contributed by atoms with Crippen molar-refractivity contribution >= 4 is 5.78 Å². The third kappa shape index (κ3) is 1.88. The Morgan fingerprint density at radius 3 is 2.68 bits per heavy atom. The topological polar surface area (TPSA) is 39.1 Å². The molecule has 1 aliphatic heterocycles. The summed E-state index contributed by atoms with van der Waals surface area (Å²) in [6.45, 7) is 5.06. The van der Waals surface area contributed by atoms with Crippen molar-refractivity contribution in [2.75, 3.05) is 0 Å². The molecule has 0 atom stereocenters. The van der Waals surface area contributed by atoms with E-state index in [-0.39, 0.29) is 16.6 Å². The van der Waals surface area contributed by atoms with E-state index in [1.165, 1.54) is 5.56 Å². The third-order valence-corrected chi connectivity index (χ3v) is 4.88. The Hall–Kier alpha value is -2.16. The van der Waals surface area contributed by atoms with Crippen LogP contribution >= 0.6 is 0 Å². The maximum Gasteiger partial charge on any atom is 0.193 e. The van der Waals surface area contributed by atoms with Gasteiger partial charge in [0, 0.05) is 30.3 Å². The average molecular weight is 293 g/mol. The highest BCUT2D eigenvalue weighted by Gasteiger charge is 2.35. The summed E-state index contributed by atoms with van der Waals surface area (Å²) in [7, 11) is 0. The molecular weight excluding hydrogens is 274 g/mol. The summed E-state index contributed by atoms with van der Waals surface area (Å²) in [6.07, 6.45) is 2.21. The normalized spacial score (nSPS) is 18.4. The van der Waals surface area contributed by atoms with Crippen molar-refractivity contribution in [1.82, 2.24) is 4.57 Å². The van der Waals surface area contributed by atoms with E-state index in [9.17, 15) is 9.59 Å². The fraction of sp³-hybridized carbons (Fsp3) is 0.368. The zero-order chi connectivity index (χ0) is 15.5. The Morgan fingerprint density at radius 2 is 1.86 bits per heavy atom. The molecule has 3 nitrogen and oxygen atoms in total. The van der Waals surface area contributed by atoms with Crippen LogP contribution in [0, 0.1) is 5.41 Å². The van der Waals surface area contributed by atoms with Crippen molar-refractivity contribution in [2.24, 2.45) is 5.41 Å². The maximum atomic E-state index is 12.5. The van der Waals surface area contributed by atoms with Gasteiger partial charge in [0.15, 0.2) is 11.2 Å². The van der Waals surface area contributed by atoms with Crippen molar-refractivity contribution in [2.45, 2.75) is 39.7 Å². The highest BCUT2D eigenvalue weighted by atomic mass is 16.1. The molecule has 0 bridgehead atoms. The Labute approximate surface area is 129 Å². The smallest absolute Gasteiger partial charge is 0.193 e. The molecule has 2 aromatic rings. The number of hydrogen-bond donors (Lipinski definition) is 0. The minimum absolute atomic E-state index is 0.00501. The molecule has 2 heterocycles. The molecule has 112 valence electrons. The number of carbonyl (C=O) groups is 1. The lowest BCUT2D eigenvalue weighted by Gasteiger charge is -2.34. The monoisotopic (exact) mass is 293 g/mol. The molecule has 0 spiro atoms. The molecule has 0 N–H and O–H groups in total. The van der Waals surface area contributed by atoms with Crippen molar-refractivity contribution in [3.05, 3.63) is 57.4 Å². The number of benzene rings is 1. The van der Waals surface area contributed by atoms with Gasteiger partial charge in [-0.25, -0.2) is 0 Å². The second-order valence-corrected chi connectivity index (χ2v) is 7.22. The van der Waals surface area contributed by atoms with Gasteiger partial charge in [-0.3, -0.25) is 9.59 Å². The van der Waals surface area contributed by atoms with Crippen LogP contribution in [0.4, 0.5) is 0 Å². The van der Waals surface area contributed by atoms with Crippen LogP contribution in [-0.4, -0.2) is 10.4 Å². The summed E-state index contributed by atoms with van der Waals surface area (Å²) in [4.78, 5) is 25.0. The fourth-order valence-corrected chi connectivity index (χ4v) is 3.92. The highest BCUT2D eigenvalue weighted by molar-refractivity contribution is 5.99. The molecule has 22 heavy (non-hydrogen) atoms. The summed E-state index contributed by atoms with van der Waals surface area (Å²) in [5.74, 6) is 0.00501. The summed E-state index contributed by atoms with van der Waals surface area (Å²) in [5, 5.41) is 0. The van der Waals surface area contributed by atoms with E-state index in [4.69, 9.17) is 0 Å². The molecule has 0 unspecified atom stereocenters. The lowest BCUT2D eigenvalue weighted by atomic mass is 9.75. The number of rotatable bonds is 0. The van der Waals surface area contributed by atoms with E-state index in [2.05, 4.69) is 30.5 Å². The Bertz CT molecular complexity index is 858. The van der Waals surface area contributed by atoms with Gasteiger partial charge in [-0.15, -0.1) is 0 Å². The lowest BCUT2D eigenvalue weighted by molar-refractivity contribution is 0.0906. The highest BCUT2D eigenvalue weighted by Crippen LogP contribution is 2.37. The summed E-state index contributed by atoms with van der Waals surface area (Å²) in [6, 6.07) is 9.90. The molecule has 0 saturated heterocycles. The minimum Gasteiger partial charge on any atom is -0.343 e. The fourth-order valence-electron chi connectivity index (χ4n) is 3.92. The van der Waals surface area contributed by atoms with Crippen molar-refractivity contribution in [3.63, 3.8) is 0 Å². The molecule has 1 aromatic heterocycles. The zero-order valence-corrected chi connectivity index (χ0v) is 13.0. The third-order valence-electron chi connectivity index (χ3n) is 4.88. The van der Waals surface area contributed by atoms with Gasteiger partial charge in [-0.1, -0.05) is 38.1 Å². The van der Waals surface area contributed by atoms with Gasteiger partial charge in [-0.2, -0.15) is 0 Å². The summed E-state index contributed by atoms with van der Waals surface area (Å²) >= 11 is 0. The summed E-state index contributed by atoms with van der Waals surface area (Å²) in [5.41, 5.74) is 4.57.